The van der Waals surface area contributed by atoms with Crippen LogP contribution in [0.15, 0.2) is 36.5 Å². The molecule has 7 heteroatoms. The predicted molar refractivity (Wildman–Crippen MR) is 91.9 cm³/mol. The third-order valence-electron chi connectivity index (χ3n) is 4.34. The van der Waals surface area contributed by atoms with Gasteiger partial charge in [0, 0.05) is 24.4 Å². The lowest BCUT2D eigenvalue weighted by atomic mass is 9.95. The van der Waals surface area contributed by atoms with Gasteiger partial charge in [-0.3, -0.25) is 14.8 Å². The first-order valence-corrected chi connectivity index (χ1v) is 8.57. The van der Waals surface area contributed by atoms with E-state index in [2.05, 4.69) is 20.4 Å². The van der Waals surface area contributed by atoms with Crippen molar-refractivity contribution in [3.63, 3.8) is 0 Å². The highest BCUT2D eigenvalue weighted by molar-refractivity contribution is 5.78. The van der Waals surface area contributed by atoms with Crippen molar-refractivity contribution in [1.29, 1.82) is 0 Å². The van der Waals surface area contributed by atoms with Gasteiger partial charge in [0.15, 0.2) is 0 Å². The van der Waals surface area contributed by atoms with Gasteiger partial charge in [-0.05, 0) is 49.7 Å². The van der Waals surface area contributed by atoms with Gasteiger partial charge in [-0.2, -0.15) is 5.10 Å². The Morgan fingerprint density at radius 1 is 1.36 bits per heavy atom. The molecule has 0 saturated carbocycles. The third kappa shape index (κ3) is 5.29. The van der Waals surface area contributed by atoms with Gasteiger partial charge in [0.25, 0.3) is 0 Å². The molecule has 2 N–H and O–H groups in total. The SMILES string of the molecule is O=C(CN1CCCC(c2ccn[nH]2)C1)NCCOc1ccc(F)cc1. The smallest absolute Gasteiger partial charge is 0.234 e. The Bertz CT molecular complexity index is 660. The predicted octanol–water partition coefficient (Wildman–Crippen LogP) is 1.92. The average molecular weight is 346 g/mol. The van der Waals surface area contributed by atoms with Crippen molar-refractivity contribution in [1.82, 2.24) is 20.4 Å². The monoisotopic (exact) mass is 346 g/mol. The molecular formula is C18H23FN4O2. The number of carbonyl (C=O) groups is 1. The van der Waals surface area contributed by atoms with Gasteiger partial charge >= 0.3 is 0 Å². The number of aromatic amines is 1. The molecule has 2 aromatic rings. The quantitative estimate of drug-likeness (QED) is 0.752. The van der Waals surface area contributed by atoms with E-state index >= 15 is 0 Å². The van der Waals surface area contributed by atoms with E-state index in [0.717, 1.165) is 31.6 Å². The molecule has 1 saturated heterocycles. The first-order valence-electron chi connectivity index (χ1n) is 8.57. The Morgan fingerprint density at radius 3 is 2.96 bits per heavy atom. The lowest BCUT2D eigenvalue weighted by Crippen LogP contribution is -2.42. The minimum atomic E-state index is -0.296. The second-order valence-electron chi connectivity index (χ2n) is 6.24. The number of amides is 1. The van der Waals surface area contributed by atoms with Crippen molar-refractivity contribution in [3.8, 4) is 5.75 Å². The highest BCUT2D eigenvalue weighted by atomic mass is 19.1. The van der Waals surface area contributed by atoms with Crippen molar-refractivity contribution in [2.24, 2.45) is 0 Å². The average Bonchev–Trinajstić information content (AvgIpc) is 3.15. The summed E-state index contributed by atoms with van der Waals surface area (Å²) in [5.41, 5.74) is 1.14. The number of halogens is 1. The fourth-order valence-electron chi connectivity index (χ4n) is 3.10. The van der Waals surface area contributed by atoms with Gasteiger partial charge < -0.3 is 10.1 Å². The zero-order valence-electron chi connectivity index (χ0n) is 14.1. The summed E-state index contributed by atoms with van der Waals surface area (Å²) in [6.45, 7) is 2.97. The summed E-state index contributed by atoms with van der Waals surface area (Å²) in [7, 11) is 0. The molecule has 2 heterocycles. The second kappa shape index (κ2) is 8.62. The summed E-state index contributed by atoms with van der Waals surface area (Å²) in [5.74, 6) is 0.698. The number of likely N-dealkylation sites (tertiary alicyclic amines) is 1. The fraction of sp³-hybridized carbons (Fsp3) is 0.444. The van der Waals surface area contributed by atoms with Crippen molar-refractivity contribution < 1.29 is 13.9 Å². The number of H-pyrrole nitrogens is 1. The molecule has 1 unspecified atom stereocenters. The maximum absolute atomic E-state index is 12.8. The van der Waals surface area contributed by atoms with Crippen LogP contribution in [0.2, 0.25) is 0 Å². The molecular weight excluding hydrogens is 323 g/mol. The molecule has 0 spiro atoms. The molecule has 1 amide bonds. The van der Waals surface area contributed by atoms with Crippen molar-refractivity contribution in [3.05, 3.63) is 48.0 Å². The Kier molecular flexibility index (Phi) is 6.00. The summed E-state index contributed by atoms with van der Waals surface area (Å²) < 4.78 is 18.3. The van der Waals surface area contributed by atoms with Crippen LogP contribution in [0, 0.1) is 5.82 Å². The minimum Gasteiger partial charge on any atom is -0.492 e. The summed E-state index contributed by atoms with van der Waals surface area (Å²) >= 11 is 0. The van der Waals surface area contributed by atoms with E-state index in [-0.39, 0.29) is 11.7 Å². The fourth-order valence-corrected chi connectivity index (χ4v) is 3.10. The van der Waals surface area contributed by atoms with Crippen LogP contribution in [-0.2, 0) is 4.79 Å². The molecule has 1 atom stereocenters. The van der Waals surface area contributed by atoms with E-state index in [1.165, 1.54) is 12.1 Å². The number of carbonyl (C=O) groups excluding carboxylic acids is 1. The molecule has 1 aromatic heterocycles. The Balaban J connectivity index is 1.35. The van der Waals surface area contributed by atoms with E-state index in [1.807, 2.05) is 6.07 Å². The number of nitrogens with zero attached hydrogens (tertiary/aromatic N) is 2. The maximum Gasteiger partial charge on any atom is 0.234 e. The molecule has 1 aliphatic heterocycles. The number of hydrogen-bond acceptors (Lipinski definition) is 4. The van der Waals surface area contributed by atoms with Crippen LogP contribution in [-0.4, -0.2) is 53.8 Å². The van der Waals surface area contributed by atoms with Gasteiger partial charge in [0.1, 0.15) is 18.2 Å². The van der Waals surface area contributed by atoms with Gasteiger partial charge in [-0.15, -0.1) is 0 Å². The summed E-state index contributed by atoms with van der Waals surface area (Å²) in [6.07, 6.45) is 3.96. The zero-order chi connectivity index (χ0) is 17.5. The number of piperidine rings is 1. The van der Waals surface area contributed by atoms with Crippen LogP contribution in [0.5, 0.6) is 5.75 Å². The molecule has 0 aliphatic carbocycles. The van der Waals surface area contributed by atoms with Crippen LogP contribution >= 0.6 is 0 Å². The van der Waals surface area contributed by atoms with Gasteiger partial charge in [0.05, 0.1) is 13.1 Å². The molecule has 3 rings (SSSR count). The molecule has 0 bridgehead atoms. The van der Waals surface area contributed by atoms with E-state index in [9.17, 15) is 9.18 Å². The summed E-state index contributed by atoms with van der Waals surface area (Å²) in [6, 6.07) is 7.84. The van der Waals surface area contributed by atoms with Crippen LogP contribution in [0.25, 0.3) is 0 Å². The maximum atomic E-state index is 12.8. The van der Waals surface area contributed by atoms with E-state index in [4.69, 9.17) is 4.74 Å². The van der Waals surface area contributed by atoms with E-state index in [0.29, 0.717) is 31.4 Å². The number of aromatic nitrogens is 2. The Hall–Kier alpha value is -2.41. The molecule has 25 heavy (non-hydrogen) atoms. The first kappa shape index (κ1) is 17.4. The largest absolute Gasteiger partial charge is 0.492 e. The van der Waals surface area contributed by atoms with Crippen LogP contribution < -0.4 is 10.1 Å². The topological polar surface area (TPSA) is 70.2 Å². The number of ether oxygens (including phenoxy) is 1. The van der Waals surface area contributed by atoms with Gasteiger partial charge in [-0.25, -0.2) is 4.39 Å². The second-order valence-corrected chi connectivity index (χ2v) is 6.24. The molecule has 0 radical (unpaired) electrons. The van der Waals surface area contributed by atoms with Crippen molar-refractivity contribution >= 4 is 5.91 Å². The zero-order valence-corrected chi connectivity index (χ0v) is 14.1. The van der Waals surface area contributed by atoms with Crippen LogP contribution in [0.4, 0.5) is 4.39 Å². The Morgan fingerprint density at radius 2 is 2.20 bits per heavy atom. The Labute approximate surface area is 146 Å². The highest BCUT2D eigenvalue weighted by Gasteiger charge is 2.23. The number of rotatable bonds is 7. The lowest BCUT2D eigenvalue weighted by molar-refractivity contribution is -0.122. The molecule has 1 fully saturated rings. The van der Waals surface area contributed by atoms with Gasteiger partial charge in [-0.1, -0.05) is 0 Å². The van der Waals surface area contributed by atoms with Crippen molar-refractivity contribution in [2.45, 2.75) is 18.8 Å². The van der Waals surface area contributed by atoms with E-state index in [1.54, 1.807) is 18.3 Å². The summed E-state index contributed by atoms with van der Waals surface area (Å²) in [4.78, 5) is 14.3. The number of hydrogen-bond donors (Lipinski definition) is 2. The standard InChI is InChI=1S/C18H23FN4O2/c19-15-3-5-16(6-4-15)25-11-9-20-18(24)13-23-10-1-2-14(12-23)17-7-8-21-22-17/h3-8,14H,1-2,9-13H2,(H,20,24)(H,21,22). The molecule has 134 valence electrons. The molecule has 1 aromatic carbocycles. The number of nitrogens with one attached hydrogen (secondary N) is 2. The highest BCUT2D eigenvalue weighted by Crippen LogP contribution is 2.24. The molecule has 1 aliphatic rings. The van der Waals surface area contributed by atoms with Gasteiger partial charge in [0.2, 0.25) is 5.91 Å². The van der Waals surface area contributed by atoms with Crippen LogP contribution in [0.1, 0.15) is 24.5 Å². The normalized spacial score (nSPS) is 18.0. The van der Waals surface area contributed by atoms with Crippen LogP contribution in [0.3, 0.4) is 0 Å². The summed E-state index contributed by atoms with van der Waals surface area (Å²) in [5, 5.41) is 9.89. The minimum absolute atomic E-state index is 0.00651. The first-order chi connectivity index (χ1) is 12.2. The van der Waals surface area contributed by atoms with E-state index < -0.39 is 0 Å². The van der Waals surface area contributed by atoms with Crippen molar-refractivity contribution in [2.75, 3.05) is 32.8 Å². The molecule has 6 nitrogen and oxygen atoms in total. The third-order valence-corrected chi connectivity index (χ3v) is 4.34. The lowest BCUT2D eigenvalue weighted by Gasteiger charge is -2.31. The number of benzene rings is 1.